The number of hydrogen-bond donors (Lipinski definition) is 0. The van der Waals surface area contributed by atoms with Crippen molar-refractivity contribution in [3.8, 4) is 17.2 Å². The highest BCUT2D eigenvalue weighted by atomic mass is 32.2. The number of amides is 1. The number of rotatable bonds is 6. The number of benzene rings is 2. The Hall–Kier alpha value is -3.11. The summed E-state index contributed by atoms with van der Waals surface area (Å²) >= 11 is 6.48. The molecule has 0 saturated carbocycles. The molecule has 0 atom stereocenters. The smallest absolute Gasteiger partial charge is 0.270 e. The van der Waals surface area contributed by atoms with Gasteiger partial charge in [-0.1, -0.05) is 24.0 Å². The lowest BCUT2D eigenvalue weighted by molar-refractivity contribution is -0.384. The first kappa shape index (κ1) is 20.6. The molecule has 0 spiro atoms. The van der Waals surface area contributed by atoms with Crippen molar-refractivity contribution in [1.82, 2.24) is 0 Å². The molecule has 0 aromatic heterocycles. The van der Waals surface area contributed by atoms with Gasteiger partial charge in [-0.25, -0.2) is 0 Å². The number of anilines is 1. The van der Waals surface area contributed by atoms with E-state index in [2.05, 4.69) is 0 Å². The molecule has 1 amide bonds. The van der Waals surface area contributed by atoms with Gasteiger partial charge in [0.05, 0.1) is 36.8 Å². The third-order valence-corrected chi connectivity index (χ3v) is 5.44. The molecule has 150 valence electrons. The first-order chi connectivity index (χ1) is 13.9. The van der Waals surface area contributed by atoms with Gasteiger partial charge in [-0.3, -0.25) is 19.8 Å². The van der Waals surface area contributed by atoms with Crippen molar-refractivity contribution >= 4 is 51.7 Å². The number of thiocarbonyl (C=S) groups is 1. The fourth-order valence-electron chi connectivity index (χ4n) is 2.79. The van der Waals surface area contributed by atoms with E-state index in [0.717, 1.165) is 11.8 Å². The number of thioether (sulfide) groups is 1. The Kier molecular flexibility index (Phi) is 6.04. The summed E-state index contributed by atoms with van der Waals surface area (Å²) in [7, 11) is 4.52. The third-order valence-electron chi connectivity index (χ3n) is 4.13. The van der Waals surface area contributed by atoms with Gasteiger partial charge in [-0.05, 0) is 30.3 Å². The summed E-state index contributed by atoms with van der Waals surface area (Å²) in [4.78, 5) is 25.0. The second-order valence-electron chi connectivity index (χ2n) is 5.71. The summed E-state index contributed by atoms with van der Waals surface area (Å²) in [6.07, 6.45) is 1.66. The summed E-state index contributed by atoms with van der Waals surface area (Å²) in [6, 6.07) is 9.10. The highest BCUT2D eigenvalue weighted by Crippen LogP contribution is 2.43. The van der Waals surface area contributed by atoms with Crippen molar-refractivity contribution in [3.63, 3.8) is 0 Å². The first-order valence-corrected chi connectivity index (χ1v) is 9.45. The van der Waals surface area contributed by atoms with Crippen LogP contribution in [0.4, 0.5) is 11.4 Å². The molecule has 8 nitrogen and oxygen atoms in total. The summed E-state index contributed by atoms with van der Waals surface area (Å²) in [6.45, 7) is 0. The molecular formula is C19H16N2O6S2. The summed E-state index contributed by atoms with van der Waals surface area (Å²) in [5.74, 6) is 1.01. The van der Waals surface area contributed by atoms with Gasteiger partial charge in [-0.2, -0.15) is 0 Å². The van der Waals surface area contributed by atoms with Crippen LogP contribution in [0.5, 0.6) is 17.2 Å². The predicted molar refractivity (Wildman–Crippen MR) is 115 cm³/mol. The average Bonchev–Trinajstić information content (AvgIpc) is 3.00. The van der Waals surface area contributed by atoms with Crippen LogP contribution in [0.15, 0.2) is 41.3 Å². The highest BCUT2D eigenvalue weighted by Gasteiger charge is 2.34. The van der Waals surface area contributed by atoms with Gasteiger partial charge in [0.25, 0.3) is 11.6 Å². The minimum atomic E-state index is -0.503. The number of methoxy groups -OCH3 is 3. The summed E-state index contributed by atoms with van der Waals surface area (Å²) < 4.78 is 16.4. The van der Waals surface area contributed by atoms with Crippen LogP contribution in [0.1, 0.15) is 5.56 Å². The fourth-order valence-corrected chi connectivity index (χ4v) is 4.08. The number of carbonyl (C=O) groups is 1. The first-order valence-electron chi connectivity index (χ1n) is 8.22. The Morgan fingerprint density at radius 1 is 1.03 bits per heavy atom. The van der Waals surface area contributed by atoms with Crippen LogP contribution in [0.2, 0.25) is 0 Å². The summed E-state index contributed by atoms with van der Waals surface area (Å²) in [5, 5.41) is 10.8. The monoisotopic (exact) mass is 432 g/mol. The molecule has 1 aliphatic heterocycles. The molecule has 2 aromatic rings. The van der Waals surface area contributed by atoms with Gasteiger partial charge in [0.2, 0.25) is 5.75 Å². The van der Waals surface area contributed by atoms with Gasteiger partial charge >= 0.3 is 0 Å². The molecule has 0 aliphatic carbocycles. The molecule has 29 heavy (non-hydrogen) atoms. The van der Waals surface area contributed by atoms with Crippen molar-refractivity contribution in [2.24, 2.45) is 0 Å². The van der Waals surface area contributed by atoms with Crippen molar-refractivity contribution in [2.45, 2.75) is 0 Å². The molecule has 3 rings (SSSR count). The Labute approximate surface area is 176 Å². The maximum atomic E-state index is 12.9. The molecule has 1 fully saturated rings. The van der Waals surface area contributed by atoms with Crippen LogP contribution < -0.4 is 19.1 Å². The van der Waals surface area contributed by atoms with Crippen LogP contribution in [0.3, 0.4) is 0 Å². The molecule has 0 bridgehead atoms. The molecule has 10 heteroatoms. The second kappa shape index (κ2) is 8.50. The van der Waals surface area contributed by atoms with Crippen molar-refractivity contribution in [1.29, 1.82) is 0 Å². The van der Waals surface area contributed by atoms with Gasteiger partial charge in [-0.15, -0.1) is 0 Å². The minimum Gasteiger partial charge on any atom is -0.493 e. The van der Waals surface area contributed by atoms with E-state index in [4.69, 9.17) is 26.4 Å². The topological polar surface area (TPSA) is 91.1 Å². The number of carbonyl (C=O) groups excluding carboxylic acids is 1. The standard InChI is InChI=1S/C19H16N2O6S2/c1-25-14-9-4-11(16(26-2)17(14)27-3)10-15-18(22)20(19(28)29-15)12-5-7-13(8-6-12)21(23)24/h4-10H,1-3H3/b15-10+. The van der Waals surface area contributed by atoms with E-state index in [1.54, 1.807) is 18.2 Å². The lowest BCUT2D eigenvalue weighted by Crippen LogP contribution is -2.27. The van der Waals surface area contributed by atoms with E-state index in [-0.39, 0.29) is 11.6 Å². The lowest BCUT2D eigenvalue weighted by atomic mass is 10.1. The van der Waals surface area contributed by atoms with Crippen LogP contribution in [0.25, 0.3) is 6.08 Å². The second-order valence-corrected chi connectivity index (χ2v) is 7.39. The molecule has 1 saturated heterocycles. The van der Waals surface area contributed by atoms with Crippen molar-refractivity contribution in [3.05, 3.63) is 57.0 Å². The number of nitro groups is 1. The molecule has 0 radical (unpaired) electrons. The van der Waals surface area contributed by atoms with Crippen LogP contribution in [-0.4, -0.2) is 36.5 Å². The predicted octanol–water partition coefficient (Wildman–Crippen LogP) is 4.03. The van der Waals surface area contributed by atoms with Gasteiger partial charge in [0, 0.05) is 17.7 Å². The van der Waals surface area contributed by atoms with Gasteiger partial charge in [0.15, 0.2) is 15.8 Å². The van der Waals surface area contributed by atoms with Crippen molar-refractivity contribution < 1.29 is 23.9 Å². The zero-order chi connectivity index (χ0) is 21.1. The quantitative estimate of drug-likeness (QED) is 0.292. The lowest BCUT2D eigenvalue weighted by Gasteiger charge is -2.15. The number of ether oxygens (including phenoxy) is 3. The van der Waals surface area contributed by atoms with E-state index in [1.807, 2.05) is 0 Å². The van der Waals surface area contributed by atoms with Crippen molar-refractivity contribution in [2.75, 3.05) is 26.2 Å². The van der Waals surface area contributed by atoms with E-state index in [9.17, 15) is 14.9 Å². The zero-order valence-corrected chi connectivity index (χ0v) is 17.3. The van der Waals surface area contributed by atoms with E-state index in [1.165, 1.54) is 50.5 Å². The number of nitrogens with zero attached hydrogens (tertiary/aromatic N) is 2. The van der Waals surface area contributed by atoms with E-state index < -0.39 is 4.92 Å². The minimum absolute atomic E-state index is 0.0650. The van der Waals surface area contributed by atoms with Gasteiger partial charge in [0.1, 0.15) is 0 Å². The molecular weight excluding hydrogens is 416 g/mol. The Balaban J connectivity index is 1.97. The molecule has 0 unspecified atom stereocenters. The van der Waals surface area contributed by atoms with Crippen LogP contribution in [-0.2, 0) is 4.79 Å². The van der Waals surface area contributed by atoms with Gasteiger partial charge < -0.3 is 14.2 Å². The average molecular weight is 432 g/mol. The van der Waals surface area contributed by atoms with E-state index >= 15 is 0 Å². The van der Waals surface area contributed by atoms with Crippen LogP contribution >= 0.6 is 24.0 Å². The number of hydrogen-bond acceptors (Lipinski definition) is 8. The normalized spacial score (nSPS) is 15.0. The SMILES string of the molecule is COc1ccc(/C=C2/SC(=S)N(c3ccc([N+](=O)[O-])cc3)C2=O)c(OC)c1OC. The zero-order valence-electron chi connectivity index (χ0n) is 15.7. The third kappa shape index (κ3) is 3.89. The highest BCUT2D eigenvalue weighted by molar-refractivity contribution is 8.27. The van der Waals surface area contributed by atoms with E-state index in [0.29, 0.717) is 37.7 Å². The molecule has 2 aromatic carbocycles. The number of nitro benzene ring substituents is 1. The largest absolute Gasteiger partial charge is 0.493 e. The summed E-state index contributed by atoms with van der Waals surface area (Å²) in [5.41, 5.74) is 1.01. The Morgan fingerprint density at radius 2 is 1.69 bits per heavy atom. The van der Waals surface area contributed by atoms with Crippen LogP contribution in [0, 0.1) is 10.1 Å². The Morgan fingerprint density at radius 3 is 2.24 bits per heavy atom. The molecule has 1 aliphatic rings. The Bertz CT molecular complexity index is 1020. The maximum Gasteiger partial charge on any atom is 0.270 e. The molecule has 1 heterocycles. The fraction of sp³-hybridized carbons (Fsp3) is 0.158. The number of non-ortho nitro benzene ring substituents is 1. The molecule has 0 N–H and O–H groups in total. The maximum absolute atomic E-state index is 12.9.